The van der Waals surface area contributed by atoms with E-state index >= 15 is 0 Å². The summed E-state index contributed by atoms with van der Waals surface area (Å²) in [5.41, 5.74) is 4.36. The number of pyridine rings is 1. The third-order valence-electron chi connectivity index (χ3n) is 3.85. The summed E-state index contributed by atoms with van der Waals surface area (Å²) in [6, 6.07) is 2.05. The van der Waals surface area contributed by atoms with Crippen LogP contribution in [0.1, 0.15) is 17.5 Å². The molecule has 0 N–H and O–H groups in total. The lowest BCUT2D eigenvalue weighted by molar-refractivity contribution is 0.945. The van der Waals surface area contributed by atoms with Crippen molar-refractivity contribution in [2.75, 3.05) is 0 Å². The highest BCUT2D eigenvalue weighted by molar-refractivity contribution is 6.34. The van der Waals surface area contributed by atoms with Gasteiger partial charge in [-0.25, -0.2) is 9.50 Å². The van der Waals surface area contributed by atoms with Crippen molar-refractivity contribution in [1.82, 2.24) is 14.6 Å². The topological polar surface area (TPSA) is 30.2 Å². The van der Waals surface area contributed by atoms with Crippen LogP contribution < -0.4 is 0 Å². The molecule has 4 heteroatoms. The zero-order chi connectivity index (χ0) is 12.3. The minimum absolute atomic E-state index is 0.553. The number of hydrogen-bond acceptors (Lipinski definition) is 2. The average Bonchev–Trinajstić information content (AvgIpc) is 3.02. The summed E-state index contributed by atoms with van der Waals surface area (Å²) in [4.78, 5) is 4.19. The molecule has 0 amide bonds. The summed E-state index contributed by atoms with van der Waals surface area (Å²) in [7, 11) is 0. The molecular weight excluding hydrogens is 246 g/mol. The Labute approximate surface area is 110 Å². The van der Waals surface area contributed by atoms with E-state index in [1.54, 1.807) is 10.8 Å². The molecule has 0 radical (unpaired) electrons. The zero-order valence-electron chi connectivity index (χ0n) is 9.97. The Bertz CT molecular complexity index is 711. The molecule has 2 aromatic heterocycles. The Hall–Kier alpha value is -1.61. The second-order valence-corrected chi connectivity index (χ2v) is 5.47. The highest BCUT2D eigenvalue weighted by atomic mass is 35.5. The van der Waals surface area contributed by atoms with Gasteiger partial charge in [0.1, 0.15) is 6.33 Å². The fourth-order valence-corrected chi connectivity index (χ4v) is 3.09. The minimum atomic E-state index is 0.553. The summed E-state index contributed by atoms with van der Waals surface area (Å²) >= 11 is 6.49. The third kappa shape index (κ3) is 1.37. The normalized spacial score (nSPS) is 25.7. The Kier molecular flexibility index (Phi) is 1.98. The maximum Gasteiger partial charge on any atom is 0.155 e. The van der Waals surface area contributed by atoms with Crippen molar-refractivity contribution < 1.29 is 0 Å². The molecule has 0 bridgehead atoms. The largest absolute Gasteiger partial charge is 0.221 e. The van der Waals surface area contributed by atoms with E-state index in [-0.39, 0.29) is 0 Å². The van der Waals surface area contributed by atoms with Crippen LogP contribution in [-0.4, -0.2) is 14.6 Å². The van der Waals surface area contributed by atoms with Crippen LogP contribution in [0.15, 0.2) is 35.8 Å². The van der Waals surface area contributed by atoms with Crippen molar-refractivity contribution in [3.8, 4) is 0 Å². The summed E-state index contributed by atoms with van der Waals surface area (Å²) in [5, 5.41) is 5.19. The third-order valence-corrected chi connectivity index (χ3v) is 4.33. The van der Waals surface area contributed by atoms with Gasteiger partial charge in [-0.2, -0.15) is 5.10 Å². The van der Waals surface area contributed by atoms with Gasteiger partial charge < -0.3 is 0 Å². The SMILES string of the molecule is Cc1cc2ncnn2cc1C1=C(Cl)C2CC2C=C1. The number of fused-ring (bicyclic) bond motifs is 2. The predicted molar refractivity (Wildman–Crippen MR) is 71.2 cm³/mol. The molecule has 2 atom stereocenters. The molecular formula is C14H12ClN3. The molecule has 2 aliphatic rings. The van der Waals surface area contributed by atoms with Gasteiger partial charge in [0, 0.05) is 22.7 Å². The van der Waals surface area contributed by atoms with E-state index < -0.39 is 0 Å². The van der Waals surface area contributed by atoms with Crippen molar-refractivity contribution in [1.29, 1.82) is 0 Å². The van der Waals surface area contributed by atoms with Crippen LogP contribution in [0, 0.1) is 18.8 Å². The first-order valence-electron chi connectivity index (χ1n) is 6.12. The second-order valence-electron chi connectivity index (χ2n) is 5.06. The average molecular weight is 258 g/mol. The molecule has 1 saturated carbocycles. The highest BCUT2D eigenvalue weighted by Gasteiger charge is 2.40. The monoisotopic (exact) mass is 257 g/mol. The number of allylic oxidation sites excluding steroid dienone is 4. The van der Waals surface area contributed by atoms with E-state index in [4.69, 9.17) is 11.6 Å². The summed E-state index contributed by atoms with van der Waals surface area (Å²) < 4.78 is 1.80. The molecule has 90 valence electrons. The van der Waals surface area contributed by atoms with Crippen LogP contribution in [0.5, 0.6) is 0 Å². The van der Waals surface area contributed by atoms with E-state index in [2.05, 4.69) is 29.2 Å². The van der Waals surface area contributed by atoms with E-state index in [0.717, 1.165) is 21.8 Å². The molecule has 2 heterocycles. The van der Waals surface area contributed by atoms with Crippen LogP contribution in [-0.2, 0) is 0 Å². The van der Waals surface area contributed by atoms with Gasteiger partial charge >= 0.3 is 0 Å². The first-order valence-corrected chi connectivity index (χ1v) is 6.50. The van der Waals surface area contributed by atoms with Crippen molar-refractivity contribution in [3.63, 3.8) is 0 Å². The van der Waals surface area contributed by atoms with E-state index in [9.17, 15) is 0 Å². The molecule has 0 aliphatic heterocycles. The first-order chi connectivity index (χ1) is 8.74. The number of nitrogens with zero attached hydrogens (tertiary/aromatic N) is 3. The Morgan fingerprint density at radius 2 is 2.33 bits per heavy atom. The van der Waals surface area contributed by atoms with Gasteiger partial charge in [0.15, 0.2) is 5.65 Å². The minimum Gasteiger partial charge on any atom is -0.221 e. The van der Waals surface area contributed by atoms with Gasteiger partial charge in [-0.05, 0) is 36.5 Å². The standard InChI is InChI=1S/C14H12ClN3/c1-8-4-13-16-7-17-18(13)6-12(8)10-3-2-9-5-11(9)14(10)15/h2-4,6-7,9,11H,5H2,1H3. The molecule has 18 heavy (non-hydrogen) atoms. The van der Waals surface area contributed by atoms with Gasteiger partial charge in [-0.1, -0.05) is 23.8 Å². The Morgan fingerprint density at radius 3 is 3.22 bits per heavy atom. The smallest absolute Gasteiger partial charge is 0.155 e. The van der Waals surface area contributed by atoms with Crippen molar-refractivity contribution in [2.24, 2.45) is 11.8 Å². The Morgan fingerprint density at radius 1 is 1.44 bits per heavy atom. The van der Waals surface area contributed by atoms with Crippen LogP contribution in [0.3, 0.4) is 0 Å². The van der Waals surface area contributed by atoms with E-state index in [0.29, 0.717) is 11.8 Å². The molecule has 4 rings (SSSR count). The zero-order valence-corrected chi connectivity index (χ0v) is 10.7. The summed E-state index contributed by atoms with van der Waals surface area (Å²) in [5.74, 6) is 1.23. The molecule has 1 fully saturated rings. The molecule has 0 aromatic carbocycles. The number of aryl methyl sites for hydroxylation is 1. The quantitative estimate of drug-likeness (QED) is 0.785. The lowest BCUT2D eigenvalue weighted by Gasteiger charge is -2.13. The van der Waals surface area contributed by atoms with E-state index in [1.807, 2.05) is 12.3 Å². The second kappa shape index (κ2) is 3.45. The van der Waals surface area contributed by atoms with Crippen LogP contribution in [0.4, 0.5) is 0 Å². The number of aromatic nitrogens is 3. The van der Waals surface area contributed by atoms with Gasteiger partial charge in [-0.15, -0.1) is 0 Å². The lowest BCUT2D eigenvalue weighted by atomic mass is 9.97. The molecule has 2 aromatic rings. The van der Waals surface area contributed by atoms with Crippen molar-refractivity contribution in [3.05, 3.63) is 46.9 Å². The number of halogens is 1. The van der Waals surface area contributed by atoms with Crippen LogP contribution in [0.2, 0.25) is 0 Å². The fourth-order valence-electron chi connectivity index (χ4n) is 2.68. The maximum absolute atomic E-state index is 6.49. The van der Waals surface area contributed by atoms with E-state index in [1.165, 1.54) is 12.0 Å². The number of rotatable bonds is 1. The van der Waals surface area contributed by atoms with Crippen LogP contribution in [0.25, 0.3) is 11.2 Å². The van der Waals surface area contributed by atoms with Gasteiger partial charge in [-0.3, -0.25) is 0 Å². The van der Waals surface area contributed by atoms with Crippen LogP contribution >= 0.6 is 11.6 Å². The molecule has 2 unspecified atom stereocenters. The summed E-state index contributed by atoms with van der Waals surface area (Å²) in [6.45, 7) is 2.09. The first kappa shape index (κ1) is 10.3. The summed E-state index contributed by atoms with van der Waals surface area (Å²) in [6.07, 6.45) is 9.21. The highest BCUT2D eigenvalue weighted by Crippen LogP contribution is 2.52. The van der Waals surface area contributed by atoms with Crippen molar-refractivity contribution >= 4 is 22.8 Å². The number of hydrogen-bond donors (Lipinski definition) is 0. The Balaban J connectivity index is 1.94. The fraction of sp³-hybridized carbons (Fsp3) is 0.286. The predicted octanol–water partition coefficient (Wildman–Crippen LogP) is 3.19. The molecule has 0 saturated heterocycles. The molecule has 0 spiro atoms. The van der Waals surface area contributed by atoms with Gasteiger partial charge in [0.2, 0.25) is 0 Å². The van der Waals surface area contributed by atoms with Crippen molar-refractivity contribution in [2.45, 2.75) is 13.3 Å². The van der Waals surface area contributed by atoms with Gasteiger partial charge in [0.05, 0.1) is 0 Å². The van der Waals surface area contributed by atoms with Gasteiger partial charge in [0.25, 0.3) is 0 Å². The maximum atomic E-state index is 6.49. The lowest BCUT2D eigenvalue weighted by Crippen LogP contribution is -1.99. The molecule has 3 nitrogen and oxygen atoms in total. The molecule has 2 aliphatic carbocycles.